The third-order valence-corrected chi connectivity index (χ3v) is 6.49. The third-order valence-electron chi connectivity index (χ3n) is 4.38. The van der Waals surface area contributed by atoms with Gasteiger partial charge in [-0.05, 0) is 39.2 Å². The molecular weight excluding hydrogens is 354 g/mol. The third kappa shape index (κ3) is 3.72. The number of nitrogens with zero attached hydrogens (tertiary/aromatic N) is 2. The normalized spacial score (nSPS) is 20.2. The summed E-state index contributed by atoms with van der Waals surface area (Å²) in [6.45, 7) is 5.26. The average Bonchev–Trinajstić information content (AvgIpc) is 2.48. The maximum Gasteiger partial charge on any atom is 0.292 e. The van der Waals surface area contributed by atoms with E-state index in [-0.39, 0.29) is 35.1 Å². The Morgan fingerprint density at radius 2 is 1.88 bits per heavy atom. The maximum absolute atomic E-state index is 13.2. The summed E-state index contributed by atoms with van der Waals surface area (Å²) in [5.74, 6) is 0. The minimum absolute atomic E-state index is 0. The first-order valence-electron chi connectivity index (χ1n) is 7.70. The fourth-order valence-electron chi connectivity index (χ4n) is 3.19. The van der Waals surface area contributed by atoms with Crippen molar-refractivity contribution >= 4 is 28.1 Å². The molecule has 0 bridgehead atoms. The molecule has 7 nitrogen and oxygen atoms in total. The van der Waals surface area contributed by atoms with Gasteiger partial charge in [0.25, 0.3) is 5.69 Å². The Morgan fingerprint density at radius 3 is 2.42 bits per heavy atom. The minimum Gasteiger partial charge on any atom is -0.326 e. The molecule has 0 saturated carbocycles. The molecule has 1 saturated heterocycles. The lowest BCUT2D eigenvalue weighted by molar-refractivity contribution is -0.388. The van der Waals surface area contributed by atoms with Crippen LogP contribution < -0.4 is 5.73 Å². The lowest BCUT2D eigenvalue weighted by Crippen LogP contribution is -2.51. The minimum atomic E-state index is -3.97. The molecule has 9 heteroatoms. The van der Waals surface area contributed by atoms with Gasteiger partial charge >= 0.3 is 0 Å². The van der Waals surface area contributed by atoms with Crippen LogP contribution in [0.3, 0.4) is 0 Å². The molecule has 0 aromatic heterocycles. The molecule has 1 aliphatic heterocycles. The molecule has 24 heavy (non-hydrogen) atoms. The average molecular weight is 378 g/mol. The smallest absolute Gasteiger partial charge is 0.292 e. The summed E-state index contributed by atoms with van der Waals surface area (Å²) >= 11 is 0. The quantitative estimate of drug-likeness (QED) is 0.640. The van der Waals surface area contributed by atoms with Gasteiger partial charge in [-0.15, -0.1) is 12.4 Å². The number of rotatable bonds is 4. The molecule has 2 rings (SSSR count). The van der Waals surface area contributed by atoms with Gasteiger partial charge in [-0.3, -0.25) is 10.1 Å². The molecular formula is C15H24ClN3O4S. The molecule has 2 unspecified atom stereocenters. The fraction of sp³-hybridized carbons (Fsp3) is 0.600. The van der Waals surface area contributed by atoms with Crippen molar-refractivity contribution in [3.63, 3.8) is 0 Å². The molecule has 2 atom stereocenters. The standard InChI is InChI=1S/C15H23N3O4S.ClH/c1-10-7-8-11(2)15(14(10)18(19)20)23(21,22)17-9-5-4-6-13(17)12(3)16;/h7-8,12-13H,4-6,9,16H2,1-3H3;1H. The molecule has 1 aliphatic rings. The van der Waals surface area contributed by atoms with E-state index < -0.39 is 14.9 Å². The Hall–Kier alpha value is -1.22. The summed E-state index contributed by atoms with van der Waals surface area (Å²) in [6, 6.07) is 2.54. The Balaban J connectivity index is 0.00000288. The van der Waals surface area contributed by atoms with Gasteiger partial charge in [0.2, 0.25) is 10.0 Å². The second-order valence-corrected chi connectivity index (χ2v) is 8.00. The van der Waals surface area contributed by atoms with Crippen LogP contribution in [0.2, 0.25) is 0 Å². The maximum atomic E-state index is 13.2. The van der Waals surface area contributed by atoms with Crippen LogP contribution in [-0.2, 0) is 10.0 Å². The Morgan fingerprint density at radius 1 is 1.29 bits per heavy atom. The van der Waals surface area contributed by atoms with E-state index in [1.54, 1.807) is 32.9 Å². The van der Waals surface area contributed by atoms with E-state index in [0.29, 0.717) is 24.1 Å². The van der Waals surface area contributed by atoms with Crippen LogP contribution in [-0.4, -0.2) is 36.3 Å². The molecule has 0 spiro atoms. The van der Waals surface area contributed by atoms with Gasteiger partial charge in [-0.2, -0.15) is 4.31 Å². The van der Waals surface area contributed by atoms with Crippen molar-refractivity contribution in [3.8, 4) is 0 Å². The molecule has 1 aromatic rings. The van der Waals surface area contributed by atoms with Crippen LogP contribution >= 0.6 is 12.4 Å². The monoisotopic (exact) mass is 377 g/mol. The number of nitrogens with two attached hydrogens (primary N) is 1. The predicted octanol–water partition coefficient (Wildman–Crippen LogP) is 2.52. The van der Waals surface area contributed by atoms with E-state index in [4.69, 9.17) is 5.73 Å². The summed E-state index contributed by atoms with van der Waals surface area (Å²) in [7, 11) is -3.97. The first-order chi connectivity index (χ1) is 10.7. The van der Waals surface area contributed by atoms with Gasteiger partial charge in [0.1, 0.15) is 0 Å². The second-order valence-electron chi connectivity index (χ2n) is 6.17. The Labute approximate surface area is 148 Å². The number of sulfonamides is 1. The summed E-state index contributed by atoms with van der Waals surface area (Å²) in [6.07, 6.45) is 2.32. The summed E-state index contributed by atoms with van der Waals surface area (Å²) in [5, 5.41) is 11.4. The predicted molar refractivity (Wildman–Crippen MR) is 95.0 cm³/mol. The first kappa shape index (κ1) is 20.8. The number of nitro benzene ring substituents is 1. The number of benzene rings is 1. The molecule has 0 aliphatic carbocycles. The van der Waals surface area contributed by atoms with E-state index in [9.17, 15) is 18.5 Å². The Bertz CT molecular complexity index is 722. The number of hydrogen-bond donors (Lipinski definition) is 1. The van der Waals surface area contributed by atoms with Gasteiger partial charge in [0.05, 0.1) is 4.92 Å². The van der Waals surface area contributed by atoms with Crippen molar-refractivity contribution in [3.05, 3.63) is 33.4 Å². The first-order valence-corrected chi connectivity index (χ1v) is 9.14. The molecule has 0 radical (unpaired) electrons. The highest BCUT2D eigenvalue weighted by Gasteiger charge is 2.40. The van der Waals surface area contributed by atoms with E-state index in [0.717, 1.165) is 12.8 Å². The highest BCUT2D eigenvalue weighted by molar-refractivity contribution is 7.89. The van der Waals surface area contributed by atoms with Crippen molar-refractivity contribution in [1.29, 1.82) is 0 Å². The molecule has 1 aromatic carbocycles. The summed E-state index contributed by atoms with van der Waals surface area (Å²) < 4.78 is 27.7. The van der Waals surface area contributed by atoms with Gasteiger partial charge in [0, 0.05) is 24.2 Å². The highest BCUT2D eigenvalue weighted by atomic mass is 35.5. The molecule has 1 fully saturated rings. The molecule has 2 N–H and O–H groups in total. The number of hydrogen-bond acceptors (Lipinski definition) is 5. The number of piperidine rings is 1. The highest BCUT2D eigenvalue weighted by Crippen LogP contribution is 2.35. The van der Waals surface area contributed by atoms with E-state index in [2.05, 4.69) is 0 Å². The van der Waals surface area contributed by atoms with Crippen LogP contribution in [0.15, 0.2) is 17.0 Å². The number of nitro groups is 1. The van der Waals surface area contributed by atoms with Crippen LogP contribution in [0.1, 0.15) is 37.3 Å². The van der Waals surface area contributed by atoms with E-state index in [1.165, 1.54) is 4.31 Å². The molecule has 136 valence electrons. The zero-order valence-corrected chi connectivity index (χ0v) is 15.7. The SMILES string of the molecule is Cc1ccc(C)c(S(=O)(=O)N2CCCCC2C(C)N)c1[N+](=O)[O-].Cl. The van der Waals surface area contributed by atoms with Crippen LogP contribution in [0.4, 0.5) is 5.69 Å². The van der Waals surface area contributed by atoms with E-state index >= 15 is 0 Å². The van der Waals surface area contributed by atoms with Crippen molar-refractivity contribution in [2.45, 2.75) is 57.0 Å². The van der Waals surface area contributed by atoms with Crippen molar-refractivity contribution in [2.75, 3.05) is 6.54 Å². The number of aryl methyl sites for hydroxylation is 2. The number of halogens is 1. The van der Waals surface area contributed by atoms with Crippen LogP contribution in [0, 0.1) is 24.0 Å². The van der Waals surface area contributed by atoms with Crippen molar-refractivity contribution < 1.29 is 13.3 Å². The zero-order chi connectivity index (χ0) is 17.4. The second kappa shape index (κ2) is 7.77. The van der Waals surface area contributed by atoms with Crippen LogP contribution in [0.5, 0.6) is 0 Å². The summed E-state index contributed by atoms with van der Waals surface area (Å²) in [5.41, 5.74) is 6.35. The lowest BCUT2D eigenvalue weighted by atomic mass is 10.00. The van der Waals surface area contributed by atoms with Crippen molar-refractivity contribution in [2.24, 2.45) is 5.73 Å². The van der Waals surface area contributed by atoms with Crippen molar-refractivity contribution in [1.82, 2.24) is 4.31 Å². The lowest BCUT2D eigenvalue weighted by Gasteiger charge is -2.37. The Kier molecular flexibility index (Phi) is 6.75. The topological polar surface area (TPSA) is 107 Å². The molecule has 1 heterocycles. The summed E-state index contributed by atoms with van der Waals surface area (Å²) in [4.78, 5) is 10.6. The molecule has 0 amide bonds. The van der Waals surface area contributed by atoms with Crippen LogP contribution in [0.25, 0.3) is 0 Å². The van der Waals surface area contributed by atoms with Gasteiger partial charge in [0.15, 0.2) is 4.90 Å². The zero-order valence-electron chi connectivity index (χ0n) is 14.1. The van der Waals surface area contributed by atoms with E-state index in [1.807, 2.05) is 0 Å². The largest absolute Gasteiger partial charge is 0.326 e. The van der Waals surface area contributed by atoms with Gasteiger partial charge < -0.3 is 5.73 Å². The van der Waals surface area contributed by atoms with Gasteiger partial charge in [-0.1, -0.05) is 18.6 Å². The van der Waals surface area contributed by atoms with Gasteiger partial charge in [-0.25, -0.2) is 8.42 Å². The fourth-order valence-corrected chi connectivity index (χ4v) is 5.41.